The van der Waals surface area contributed by atoms with Crippen molar-refractivity contribution in [2.45, 2.75) is 18.9 Å². The fraction of sp³-hybridized carbons (Fsp3) is 0.357. The molecule has 2 aromatic rings. The van der Waals surface area contributed by atoms with Crippen molar-refractivity contribution >= 4 is 10.8 Å². The third-order valence-electron chi connectivity index (χ3n) is 2.93. The van der Waals surface area contributed by atoms with Crippen LogP contribution < -0.4 is 5.73 Å². The molecule has 1 aromatic heterocycles. The Bertz CT molecular complexity index is 528. The van der Waals surface area contributed by atoms with Gasteiger partial charge in [-0.2, -0.15) is 0 Å². The van der Waals surface area contributed by atoms with Gasteiger partial charge in [-0.05, 0) is 23.4 Å². The fourth-order valence-electron chi connectivity index (χ4n) is 2.01. The smallest absolute Gasteiger partial charge is 0.261 e. The Balaban J connectivity index is 2.03. The number of rotatable bonds is 6. The van der Waals surface area contributed by atoms with Gasteiger partial charge in [-0.3, -0.25) is 4.98 Å². The molecule has 19 heavy (non-hydrogen) atoms. The quantitative estimate of drug-likeness (QED) is 0.818. The number of alkyl halides is 2. The van der Waals surface area contributed by atoms with E-state index >= 15 is 0 Å². The maximum absolute atomic E-state index is 11.9. The van der Waals surface area contributed by atoms with Gasteiger partial charge in [-0.1, -0.05) is 18.2 Å². The summed E-state index contributed by atoms with van der Waals surface area (Å²) in [5.41, 5.74) is 7.08. The Labute approximate surface area is 110 Å². The van der Waals surface area contributed by atoms with Gasteiger partial charge in [0.15, 0.2) is 0 Å². The lowest BCUT2D eigenvalue weighted by Gasteiger charge is -2.14. The molecule has 0 bridgehead atoms. The number of fused-ring (bicyclic) bond motifs is 1. The van der Waals surface area contributed by atoms with Gasteiger partial charge >= 0.3 is 0 Å². The van der Waals surface area contributed by atoms with Gasteiger partial charge in [0.25, 0.3) is 6.43 Å². The molecule has 0 fully saturated rings. The highest BCUT2D eigenvalue weighted by Gasteiger charge is 2.10. The van der Waals surface area contributed by atoms with E-state index in [-0.39, 0.29) is 12.6 Å². The maximum Gasteiger partial charge on any atom is 0.261 e. The molecular weight excluding hydrogens is 250 g/mol. The van der Waals surface area contributed by atoms with E-state index in [1.54, 1.807) is 12.4 Å². The van der Waals surface area contributed by atoms with Crippen molar-refractivity contribution in [3.63, 3.8) is 0 Å². The molecule has 0 aliphatic heterocycles. The van der Waals surface area contributed by atoms with E-state index in [0.717, 1.165) is 16.3 Å². The van der Waals surface area contributed by atoms with Crippen molar-refractivity contribution in [3.8, 4) is 0 Å². The first kappa shape index (κ1) is 13.8. The average Bonchev–Trinajstić information content (AvgIpc) is 2.42. The summed E-state index contributed by atoms with van der Waals surface area (Å²) in [4.78, 5) is 4.06. The van der Waals surface area contributed by atoms with Gasteiger partial charge in [0.1, 0.15) is 6.61 Å². The molecule has 0 aliphatic rings. The molecule has 0 aliphatic carbocycles. The first-order valence-corrected chi connectivity index (χ1v) is 6.12. The predicted octanol–water partition coefficient (Wildman–Crippen LogP) is 2.91. The summed E-state index contributed by atoms with van der Waals surface area (Å²) in [6.45, 7) is -0.306. The molecule has 0 radical (unpaired) electrons. The summed E-state index contributed by atoms with van der Waals surface area (Å²) in [6.07, 6.45) is 1.57. The minimum absolute atomic E-state index is 0.229. The largest absolute Gasteiger partial charge is 0.375 e. The third-order valence-corrected chi connectivity index (χ3v) is 2.93. The normalized spacial score (nSPS) is 13.1. The van der Waals surface area contributed by atoms with E-state index in [1.807, 2.05) is 24.3 Å². The Morgan fingerprint density at radius 3 is 2.89 bits per heavy atom. The lowest BCUT2D eigenvalue weighted by atomic mass is 9.99. The highest BCUT2D eigenvalue weighted by molar-refractivity contribution is 5.85. The van der Waals surface area contributed by atoms with Crippen LogP contribution in [0, 0.1) is 0 Å². The summed E-state index contributed by atoms with van der Waals surface area (Å²) in [6, 6.07) is 7.50. The van der Waals surface area contributed by atoms with Gasteiger partial charge in [0, 0.05) is 30.4 Å². The number of aromatic nitrogens is 1. The van der Waals surface area contributed by atoms with Gasteiger partial charge in [-0.15, -0.1) is 0 Å². The zero-order chi connectivity index (χ0) is 13.7. The summed E-state index contributed by atoms with van der Waals surface area (Å²) >= 11 is 0. The third kappa shape index (κ3) is 3.68. The molecule has 0 amide bonds. The van der Waals surface area contributed by atoms with Crippen LogP contribution in [-0.4, -0.2) is 24.6 Å². The lowest BCUT2D eigenvalue weighted by Crippen LogP contribution is -2.15. The number of nitrogens with two attached hydrogens (primary N) is 1. The number of nitrogens with zero attached hydrogens (tertiary/aromatic N) is 1. The zero-order valence-electron chi connectivity index (χ0n) is 10.4. The van der Waals surface area contributed by atoms with Gasteiger partial charge in [0.05, 0.1) is 0 Å². The minimum Gasteiger partial charge on any atom is -0.375 e. The van der Waals surface area contributed by atoms with Gasteiger partial charge < -0.3 is 10.5 Å². The van der Waals surface area contributed by atoms with Gasteiger partial charge in [-0.25, -0.2) is 8.78 Å². The topological polar surface area (TPSA) is 48.1 Å². The first-order chi connectivity index (χ1) is 9.18. The highest BCUT2D eigenvalue weighted by atomic mass is 19.3. The number of ether oxygens (including phenoxy) is 1. The SMILES string of the molecule is NC(CCOCC(F)F)c1cccc2cnccc12. The van der Waals surface area contributed by atoms with Crippen molar-refractivity contribution in [2.24, 2.45) is 5.73 Å². The van der Waals surface area contributed by atoms with Crippen LogP contribution in [0.25, 0.3) is 10.8 Å². The summed E-state index contributed by atoms with van der Waals surface area (Å²) in [5.74, 6) is 0. The van der Waals surface area contributed by atoms with Crippen LogP contribution in [0.4, 0.5) is 8.78 Å². The summed E-state index contributed by atoms with van der Waals surface area (Å²) in [5, 5.41) is 2.06. The van der Waals surface area contributed by atoms with E-state index in [1.165, 1.54) is 0 Å². The molecule has 1 heterocycles. The molecule has 5 heteroatoms. The monoisotopic (exact) mass is 266 g/mol. The summed E-state index contributed by atoms with van der Waals surface area (Å²) in [7, 11) is 0. The molecule has 3 nitrogen and oxygen atoms in total. The van der Waals surface area contributed by atoms with Crippen LogP contribution in [0.15, 0.2) is 36.7 Å². The second kappa shape index (κ2) is 6.54. The van der Waals surface area contributed by atoms with E-state index in [9.17, 15) is 8.78 Å². The standard InChI is InChI=1S/C14H16F2N2O/c15-14(16)9-19-7-5-13(17)12-3-1-2-10-8-18-6-4-11(10)12/h1-4,6,8,13-14H,5,7,9,17H2. The predicted molar refractivity (Wildman–Crippen MR) is 70.1 cm³/mol. The van der Waals surface area contributed by atoms with E-state index in [4.69, 9.17) is 10.5 Å². The molecule has 0 spiro atoms. The first-order valence-electron chi connectivity index (χ1n) is 6.12. The molecule has 2 N–H and O–H groups in total. The number of hydrogen-bond acceptors (Lipinski definition) is 3. The Kier molecular flexibility index (Phi) is 4.76. The second-order valence-electron chi connectivity index (χ2n) is 4.31. The number of pyridine rings is 1. The van der Waals surface area contributed by atoms with Crippen molar-refractivity contribution < 1.29 is 13.5 Å². The molecule has 2 rings (SSSR count). The lowest BCUT2D eigenvalue weighted by molar-refractivity contribution is 0.0152. The van der Waals surface area contributed by atoms with Crippen LogP contribution in [-0.2, 0) is 4.74 Å². The molecule has 0 saturated carbocycles. The Morgan fingerprint density at radius 2 is 2.11 bits per heavy atom. The average molecular weight is 266 g/mol. The van der Waals surface area contributed by atoms with E-state index < -0.39 is 13.0 Å². The molecule has 1 atom stereocenters. The molecule has 1 aromatic carbocycles. The van der Waals surface area contributed by atoms with Crippen molar-refractivity contribution in [1.29, 1.82) is 0 Å². The number of hydrogen-bond donors (Lipinski definition) is 1. The van der Waals surface area contributed by atoms with E-state index in [0.29, 0.717) is 6.42 Å². The van der Waals surface area contributed by atoms with Crippen molar-refractivity contribution in [3.05, 3.63) is 42.2 Å². The van der Waals surface area contributed by atoms with Crippen LogP contribution in [0.3, 0.4) is 0 Å². The number of benzene rings is 1. The fourth-order valence-corrected chi connectivity index (χ4v) is 2.01. The van der Waals surface area contributed by atoms with Crippen LogP contribution in [0.5, 0.6) is 0 Å². The molecule has 0 saturated heterocycles. The van der Waals surface area contributed by atoms with Crippen molar-refractivity contribution in [2.75, 3.05) is 13.2 Å². The van der Waals surface area contributed by atoms with Crippen LogP contribution in [0.2, 0.25) is 0 Å². The highest BCUT2D eigenvalue weighted by Crippen LogP contribution is 2.24. The second-order valence-corrected chi connectivity index (χ2v) is 4.31. The minimum atomic E-state index is -2.43. The van der Waals surface area contributed by atoms with Gasteiger partial charge in [0.2, 0.25) is 0 Å². The Morgan fingerprint density at radius 1 is 1.26 bits per heavy atom. The number of halogens is 2. The Hall–Kier alpha value is -1.59. The van der Waals surface area contributed by atoms with Crippen LogP contribution in [0.1, 0.15) is 18.0 Å². The molecule has 102 valence electrons. The van der Waals surface area contributed by atoms with Crippen molar-refractivity contribution in [1.82, 2.24) is 4.98 Å². The maximum atomic E-state index is 11.9. The van der Waals surface area contributed by atoms with Crippen LogP contribution >= 0.6 is 0 Å². The zero-order valence-corrected chi connectivity index (χ0v) is 10.4. The van der Waals surface area contributed by atoms with E-state index in [2.05, 4.69) is 4.98 Å². The summed E-state index contributed by atoms with van der Waals surface area (Å²) < 4.78 is 28.7. The molecular formula is C14H16F2N2O. The molecule has 1 unspecified atom stereocenters.